The molecular formula is C12H13F2N3O. The van der Waals surface area contributed by atoms with Gasteiger partial charge in [0.25, 0.3) is 0 Å². The molecule has 0 saturated carbocycles. The van der Waals surface area contributed by atoms with Crippen LogP contribution in [0, 0.1) is 17.6 Å². The van der Waals surface area contributed by atoms with Crippen LogP contribution in [-0.4, -0.2) is 22.8 Å². The Balaban J connectivity index is 2.08. The first kappa shape index (κ1) is 11.4. The second kappa shape index (κ2) is 4.20. The first-order chi connectivity index (χ1) is 8.66. The van der Waals surface area contributed by atoms with Crippen LogP contribution in [0.1, 0.15) is 6.42 Å². The Morgan fingerprint density at radius 1 is 1.44 bits per heavy atom. The monoisotopic (exact) mass is 253 g/mol. The highest BCUT2D eigenvalue weighted by atomic mass is 19.2. The summed E-state index contributed by atoms with van der Waals surface area (Å²) < 4.78 is 33.9. The van der Waals surface area contributed by atoms with Crippen LogP contribution in [0.5, 0.6) is 0 Å². The van der Waals surface area contributed by atoms with Gasteiger partial charge in [0.05, 0.1) is 12.1 Å². The molecule has 2 aromatic rings. The van der Waals surface area contributed by atoms with Crippen LogP contribution >= 0.6 is 0 Å². The molecule has 1 saturated heterocycles. The summed E-state index contributed by atoms with van der Waals surface area (Å²) in [5, 5.41) is 0. The molecule has 1 atom stereocenters. The average molecular weight is 253 g/mol. The fourth-order valence-corrected chi connectivity index (χ4v) is 2.35. The summed E-state index contributed by atoms with van der Waals surface area (Å²) >= 11 is 0. The molecule has 1 aliphatic heterocycles. The molecule has 0 bridgehead atoms. The molecule has 3 rings (SSSR count). The number of nitrogen functional groups attached to an aromatic ring is 1. The summed E-state index contributed by atoms with van der Waals surface area (Å²) in [6.07, 6.45) is 0.899. The van der Waals surface area contributed by atoms with Crippen LogP contribution in [0.4, 0.5) is 14.7 Å². The topological polar surface area (TPSA) is 53.1 Å². The van der Waals surface area contributed by atoms with Gasteiger partial charge in [-0.1, -0.05) is 0 Å². The molecular weight excluding hydrogens is 240 g/mol. The highest BCUT2D eigenvalue weighted by Crippen LogP contribution is 2.25. The van der Waals surface area contributed by atoms with E-state index in [2.05, 4.69) is 4.98 Å². The van der Waals surface area contributed by atoms with Gasteiger partial charge in [0.15, 0.2) is 11.6 Å². The Labute approximate surface area is 102 Å². The lowest BCUT2D eigenvalue weighted by Gasteiger charge is -2.11. The van der Waals surface area contributed by atoms with E-state index in [4.69, 9.17) is 10.5 Å². The molecule has 4 nitrogen and oxygen atoms in total. The quantitative estimate of drug-likeness (QED) is 0.889. The minimum Gasteiger partial charge on any atom is -0.381 e. The maximum Gasteiger partial charge on any atom is 0.201 e. The summed E-state index contributed by atoms with van der Waals surface area (Å²) in [6.45, 7) is 1.83. The number of hydrogen-bond acceptors (Lipinski definition) is 3. The van der Waals surface area contributed by atoms with E-state index in [0.717, 1.165) is 12.5 Å². The maximum atomic E-state index is 13.8. The van der Waals surface area contributed by atoms with Gasteiger partial charge >= 0.3 is 0 Å². The van der Waals surface area contributed by atoms with Gasteiger partial charge in [0, 0.05) is 19.1 Å². The van der Waals surface area contributed by atoms with Gasteiger partial charge in [0.1, 0.15) is 5.52 Å². The van der Waals surface area contributed by atoms with Crippen molar-refractivity contribution in [1.82, 2.24) is 9.55 Å². The zero-order valence-corrected chi connectivity index (χ0v) is 9.70. The molecule has 96 valence electrons. The predicted octanol–water partition coefficient (Wildman–Crippen LogP) is 1.93. The second-order valence-corrected chi connectivity index (χ2v) is 4.54. The van der Waals surface area contributed by atoms with Gasteiger partial charge in [-0.3, -0.25) is 0 Å². The van der Waals surface area contributed by atoms with Crippen LogP contribution in [-0.2, 0) is 11.3 Å². The number of anilines is 1. The van der Waals surface area contributed by atoms with Crippen LogP contribution in [0.25, 0.3) is 11.0 Å². The molecule has 1 aliphatic rings. The van der Waals surface area contributed by atoms with Crippen molar-refractivity contribution in [3.05, 3.63) is 23.8 Å². The Bertz CT molecular complexity index is 591. The third-order valence-corrected chi connectivity index (χ3v) is 3.29. The Morgan fingerprint density at radius 3 is 3.00 bits per heavy atom. The number of fused-ring (bicyclic) bond motifs is 1. The van der Waals surface area contributed by atoms with Crippen molar-refractivity contribution < 1.29 is 13.5 Å². The molecule has 0 aliphatic carbocycles. The predicted molar refractivity (Wildman–Crippen MR) is 63.0 cm³/mol. The molecule has 18 heavy (non-hydrogen) atoms. The molecule has 1 aromatic carbocycles. The summed E-state index contributed by atoms with van der Waals surface area (Å²) in [6, 6.07) is 2.50. The highest BCUT2D eigenvalue weighted by Gasteiger charge is 2.21. The molecule has 0 radical (unpaired) electrons. The van der Waals surface area contributed by atoms with Crippen molar-refractivity contribution in [2.24, 2.45) is 5.92 Å². The van der Waals surface area contributed by atoms with E-state index in [1.165, 1.54) is 10.6 Å². The minimum atomic E-state index is -0.893. The van der Waals surface area contributed by atoms with Crippen molar-refractivity contribution in [1.29, 1.82) is 0 Å². The lowest BCUT2D eigenvalue weighted by Crippen LogP contribution is -2.13. The van der Waals surface area contributed by atoms with Crippen LogP contribution < -0.4 is 5.73 Å². The van der Waals surface area contributed by atoms with Gasteiger partial charge in [-0.15, -0.1) is 0 Å². The van der Waals surface area contributed by atoms with Crippen molar-refractivity contribution >= 4 is 17.0 Å². The Kier molecular flexibility index (Phi) is 2.66. The number of benzene rings is 1. The molecule has 1 aromatic heterocycles. The summed E-state index contributed by atoms with van der Waals surface area (Å²) in [5.74, 6) is -1.30. The zero-order chi connectivity index (χ0) is 12.7. The highest BCUT2D eigenvalue weighted by molar-refractivity contribution is 5.79. The van der Waals surface area contributed by atoms with Gasteiger partial charge in [-0.05, 0) is 18.6 Å². The number of imidazole rings is 1. The van der Waals surface area contributed by atoms with Crippen molar-refractivity contribution in [2.45, 2.75) is 13.0 Å². The molecule has 1 fully saturated rings. The fraction of sp³-hybridized carbons (Fsp3) is 0.417. The van der Waals surface area contributed by atoms with Crippen LogP contribution in [0.15, 0.2) is 12.1 Å². The van der Waals surface area contributed by atoms with Gasteiger partial charge in [0.2, 0.25) is 5.95 Å². The molecule has 6 heteroatoms. The summed E-state index contributed by atoms with van der Waals surface area (Å²) in [7, 11) is 0. The third-order valence-electron chi connectivity index (χ3n) is 3.29. The maximum absolute atomic E-state index is 13.8. The van der Waals surface area contributed by atoms with E-state index >= 15 is 0 Å². The zero-order valence-electron chi connectivity index (χ0n) is 9.70. The SMILES string of the molecule is Nc1nc2ccc(F)c(F)c2n1CC1CCOC1. The molecule has 2 heterocycles. The Morgan fingerprint density at radius 2 is 2.28 bits per heavy atom. The van der Waals surface area contributed by atoms with E-state index in [-0.39, 0.29) is 17.4 Å². The first-order valence-corrected chi connectivity index (χ1v) is 5.84. The molecule has 1 unspecified atom stereocenters. The minimum absolute atomic E-state index is 0.138. The van der Waals surface area contributed by atoms with E-state index in [0.29, 0.717) is 25.3 Å². The normalized spacial score (nSPS) is 19.8. The van der Waals surface area contributed by atoms with Crippen LogP contribution in [0.3, 0.4) is 0 Å². The fourth-order valence-electron chi connectivity index (χ4n) is 2.35. The standard InChI is InChI=1S/C12H13F2N3O/c13-8-1-2-9-11(10(8)14)17(12(15)16-9)5-7-3-4-18-6-7/h1-2,7H,3-6H2,(H2,15,16). The Hall–Kier alpha value is -1.69. The van der Waals surface area contributed by atoms with Gasteiger partial charge in [-0.25, -0.2) is 13.8 Å². The summed E-state index contributed by atoms with van der Waals surface area (Å²) in [5.41, 5.74) is 6.29. The number of aromatic nitrogens is 2. The van der Waals surface area contributed by atoms with E-state index < -0.39 is 11.6 Å². The van der Waals surface area contributed by atoms with E-state index in [9.17, 15) is 8.78 Å². The van der Waals surface area contributed by atoms with Crippen molar-refractivity contribution in [3.63, 3.8) is 0 Å². The third kappa shape index (κ3) is 1.73. The number of rotatable bonds is 2. The van der Waals surface area contributed by atoms with Crippen molar-refractivity contribution in [3.8, 4) is 0 Å². The number of nitrogens with zero attached hydrogens (tertiary/aromatic N) is 2. The lowest BCUT2D eigenvalue weighted by atomic mass is 10.1. The largest absolute Gasteiger partial charge is 0.381 e. The number of hydrogen-bond donors (Lipinski definition) is 1. The van der Waals surface area contributed by atoms with Gasteiger partial charge < -0.3 is 15.0 Å². The average Bonchev–Trinajstić information content (AvgIpc) is 2.94. The number of nitrogens with two attached hydrogens (primary N) is 1. The van der Waals surface area contributed by atoms with E-state index in [1.54, 1.807) is 0 Å². The van der Waals surface area contributed by atoms with E-state index in [1.807, 2.05) is 0 Å². The molecule has 0 amide bonds. The van der Waals surface area contributed by atoms with Crippen LogP contribution in [0.2, 0.25) is 0 Å². The number of ether oxygens (including phenoxy) is 1. The molecule has 2 N–H and O–H groups in total. The van der Waals surface area contributed by atoms with Gasteiger partial charge in [-0.2, -0.15) is 0 Å². The lowest BCUT2D eigenvalue weighted by molar-refractivity contribution is 0.183. The number of halogens is 2. The molecule has 0 spiro atoms. The summed E-state index contributed by atoms with van der Waals surface area (Å²) in [4.78, 5) is 4.05. The van der Waals surface area contributed by atoms with Crippen molar-refractivity contribution in [2.75, 3.05) is 18.9 Å². The second-order valence-electron chi connectivity index (χ2n) is 4.54. The first-order valence-electron chi connectivity index (χ1n) is 5.84. The smallest absolute Gasteiger partial charge is 0.201 e.